The standard InChI is InChI=1S/C19H25N5O/c25-19(24-11-5-9-18(24)16-7-2-1-3-8-16)17-14-23(22-21-17)13-15-6-4-10-20-12-15/h1-3,7-8,14-15,18,20H,4-6,9-13H2/t15-,18+/m0/s1. The zero-order valence-corrected chi connectivity index (χ0v) is 14.5. The Kier molecular flexibility index (Phi) is 4.78. The van der Waals surface area contributed by atoms with Crippen LogP contribution in [0, 0.1) is 5.92 Å². The SMILES string of the molecule is O=C(c1cn(C[C@H]2CCCNC2)nn1)N1CCC[C@@H]1c1ccccc1. The highest BCUT2D eigenvalue weighted by Crippen LogP contribution is 2.32. The molecule has 2 atom stereocenters. The molecular formula is C19H25N5O. The Labute approximate surface area is 148 Å². The van der Waals surface area contributed by atoms with Gasteiger partial charge in [0.1, 0.15) is 0 Å². The van der Waals surface area contributed by atoms with Gasteiger partial charge in [-0.3, -0.25) is 9.48 Å². The maximum atomic E-state index is 12.9. The fraction of sp³-hybridized carbons (Fsp3) is 0.526. The molecule has 1 N–H and O–H groups in total. The third-order valence-electron chi connectivity index (χ3n) is 5.30. The predicted molar refractivity (Wildman–Crippen MR) is 95.1 cm³/mol. The molecule has 0 unspecified atom stereocenters. The quantitative estimate of drug-likeness (QED) is 0.928. The lowest BCUT2D eigenvalue weighted by molar-refractivity contribution is 0.0729. The summed E-state index contributed by atoms with van der Waals surface area (Å²) >= 11 is 0. The molecule has 2 aliphatic heterocycles. The van der Waals surface area contributed by atoms with Gasteiger partial charge in [-0.1, -0.05) is 35.5 Å². The molecule has 0 spiro atoms. The lowest BCUT2D eigenvalue weighted by Gasteiger charge is -2.24. The van der Waals surface area contributed by atoms with Gasteiger partial charge in [0, 0.05) is 13.1 Å². The minimum absolute atomic E-state index is 0.000581. The van der Waals surface area contributed by atoms with Crippen LogP contribution >= 0.6 is 0 Å². The van der Waals surface area contributed by atoms with Crippen molar-refractivity contribution < 1.29 is 4.79 Å². The predicted octanol–water partition coefficient (Wildman–Crippen LogP) is 2.25. The van der Waals surface area contributed by atoms with Crippen LogP contribution in [0.3, 0.4) is 0 Å². The van der Waals surface area contributed by atoms with Gasteiger partial charge in [-0.05, 0) is 50.3 Å². The van der Waals surface area contributed by atoms with Gasteiger partial charge in [0.05, 0.1) is 12.2 Å². The Morgan fingerprint density at radius 3 is 2.88 bits per heavy atom. The molecule has 6 heteroatoms. The van der Waals surface area contributed by atoms with Crippen molar-refractivity contribution in [3.63, 3.8) is 0 Å². The minimum Gasteiger partial charge on any atom is -0.330 e. The van der Waals surface area contributed by atoms with Gasteiger partial charge in [-0.2, -0.15) is 0 Å². The van der Waals surface area contributed by atoms with E-state index in [0.717, 1.165) is 39.0 Å². The van der Waals surface area contributed by atoms with Crippen molar-refractivity contribution in [1.29, 1.82) is 0 Å². The molecule has 0 bridgehead atoms. The first-order valence-corrected chi connectivity index (χ1v) is 9.28. The molecule has 2 fully saturated rings. The van der Waals surface area contributed by atoms with Crippen LogP contribution in [0.2, 0.25) is 0 Å². The molecule has 0 aliphatic carbocycles. The van der Waals surface area contributed by atoms with Crippen molar-refractivity contribution in [2.45, 2.75) is 38.3 Å². The molecule has 0 radical (unpaired) electrons. The number of nitrogens with one attached hydrogen (secondary N) is 1. The van der Waals surface area contributed by atoms with Crippen molar-refractivity contribution in [1.82, 2.24) is 25.2 Å². The second-order valence-corrected chi connectivity index (χ2v) is 7.11. The molecule has 2 aromatic rings. The Morgan fingerprint density at radius 1 is 1.20 bits per heavy atom. The Hall–Kier alpha value is -2.21. The Morgan fingerprint density at radius 2 is 2.08 bits per heavy atom. The molecular weight excluding hydrogens is 314 g/mol. The van der Waals surface area contributed by atoms with Crippen molar-refractivity contribution in [3.05, 3.63) is 47.8 Å². The van der Waals surface area contributed by atoms with E-state index >= 15 is 0 Å². The fourth-order valence-corrected chi connectivity index (χ4v) is 4.01. The first kappa shape index (κ1) is 16.3. The van der Waals surface area contributed by atoms with Crippen LogP contribution in [0.25, 0.3) is 0 Å². The maximum absolute atomic E-state index is 12.9. The number of carbonyl (C=O) groups excluding carboxylic acids is 1. The number of piperidine rings is 1. The molecule has 2 aliphatic rings. The first-order valence-electron chi connectivity index (χ1n) is 9.28. The van der Waals surface area contributed by atoms with Crippen LogP contribution in [0.4, 0.5) is 0 Å². The zero-order chi connectivity index (χ0) is 17.1. The van der Waals surface area contributed by atoms with Crippen LogP contribution in [0.1, 0.15) is 47.8 Å². The lowest BCUT2D eigenvalue weighted by Crippen LogP contribution is -2.32. The normalized spacial score (nSPS) is 23.8. The smallest absolute Gasteiger partial charge is 0.276 e. The van der Waals surface area contributed by atoms with Crippen LogP contribution in [0.15, 0.2) is 36.5 Å². The van der Waals surface area contributed by atoms with Crippen LogP contribution in [-0.4, -0.2) is 45.4 Å². The molecule has 132 valence electrons. The van der Waals surface area contributed by atoms with E-state index in [1.54, 1.807) is 0 Å². The van der Waals surface area contributed by atoms with Gasteiger partial charge in [-0.25, -0.2) is 0 Å². The number of hydrogen-bond acceptors (Lipinski definition) is 4. The average molecular weight is 339 g/mol. The van der Waals surface area contributed by atoms with Gasteiger partial charge < -0.3 is 10.2 Å². The van der Waals surface area contributed by atoms with E-state index in [4.69, 9.17) is 0 Å². The molecule has 4 rings (SSSR count). The molecule has 2 saturated heterocycles. The third-order valence-corrected chi connectivity index (χ3v) is 5.30. The Balaban J connectivity index is 1.45. The summed E-state index contributed by atoms with van der Waals surface area (Å²) in [5.74, 6) is 0.571. The van der Waals surface area contributed by atoms with Crippen molar-refractivity contribution in [2.75, 3.05) is 19.6 Å². The average Bonchev–Trinajstić information content (AvgIpc) is 3.32. The fourth-order valence-electron chi connectivity index (χ4n) is 4.01. The topological polar surface area (TPSA) is 63.1 Å². The van der Waals surface area contributed by atoms with E-state index in [9.17, 15) is 4.79 Å². The second-order valence-electron chi connectivity index (χ2n) is 7.11. The summed E-state index contributed by atoms with van der Waals surface area (Å²) in [6, 6.07) is 10.4. The summed E-state index contributed by atoms with van der Waals surface area (Å²) < 4.78 is 1.83. The van der Waals surface area contributed by atoms with Gasteiger partial charge in [0.2, 0.25) is 0 Å². The highest BCUT2D eigenvalue weighted by atomic mass is 16.2. The number of likely N-dealkylation sites (tertiary alicyclic amines) is 1. The van der Waals surface area contributed by atoms with Crippen molar-refractivity contribution >= 4 is 5.91 Å². The van der Waals surface area contributed by atoms with Gasteiger partial charge in [-0.15, -0.1) is 5.10 Å². The van der Waals surface area contributed by atoms with E-state index in [-0.39, 0.29) is 11.9 Å². The van der Waals surface area contributed by atoms with Crippen molar-refractivity contribution in [3.8, 4) is 0 Å². The molecule has 3 heterocycles. The number of amides is 1. The van der Waals surface area contributed by atoms with Crippen molar-refractivity contribution in [2.24, 2.45) is 5.92 Å². The monoisotopic (exact) mass is 339 g/mol. The minimum atomic E-state index is -0.000581. The molecule has 0 saturated carbocycles. The number of hydrogen-bond donors (Lipinski definition) is 1. The van der Waals surface area contributed by atoms with Gasteiger partial charge >= 0.3 is 0 Å². The second kappa shape index (κ2) is 7.35. The van der Waals surface area contributed by atoms with Crippen LogP contribution < -0.4 is 5.32 Å². The molecule has 1 aromatic heterocycles. The number of nitrogens with zero attached hydrogens (tertiary/aromatic N) is 4. The number of carbonyl (C=O) groups is 1. The summed E-state index contributed by atoms with van der Waals surface area (Å²) in [7, 11) is 0. The highest BCUT2D eigenvalue weighted by molar-refractivity contribution is 5.92. The summed E-state index contributed by atoms with van der Waals surface area (Å²) in [6.45, 7) is 3.74. The summed E-state index contributed by atoms with van der Waals surface area (Å²) in [5, 5.41) is 11.8. The lowest BCUT2D eigenvalue weighted by atomic mass is 10.00. The first-order chi connectivity index (χ1) is 12.3. The molecule has 25 heavy (non-hydrogen) atoms. The van der Waals surface area contributed by atoms with E-state index < -0.39 is 0 Å². The van der Waals surface area contributed by atoms with E-state index in [0.29, 0.717) is 11.6 Å². The largest absolute Gasteiger partial charge is 0.330 e. The number of rotatable bonds is 4. The molecule has 1 amide bonds. The van der Waals surface area contributed by atoms with Gasteiger partial charge in [0.15, 0.2) is 5.69 Å². The summed E-state index contributed by atoms with van der Waals surface area (Å²) in [6.07, 6.45) is 6.28. The summed E-state index contributed by atoms with van der Waals surface area (Å²) in [5.41, 5.74) is 1.67. The molecule has 1 aromatic carbocycles. The van der Waals surface area contributed by atoms with Gasteiger partial charge in [0.25, 0.3) is 5.91 Å². The number of aromatic nitrogens is 3. The summed E-state index contributed by atoms with van der Waals surface area (Å²) in [4.78, 5) is 14.9. The third kappa shape index (κ3) is 3.58. The van der Waals surface area contributed by atoms with Crippen LogP contribution in [0.5, 0.6) is 0 Å². The highest BCUT2D eigenvalue weighted by Gasteiger charge is 2.31. The number of benzene rings is 1. The Bertz CT molecular complexity index is 708. The van der Waals surface area contributed by atoms with E-state index in [1.807, 2.05) is 34.0 Å². The molecule has 6 nitrogen and oxygen atoms in total. The van der Waals surface area contributed by atoms with E-state index in [2.05, 4.69) is 27.8 Å². The zero-order valence-electron chi connectivity index (χ0n) is 14.5. The van der Waals surface area contributed by atoms with Crippen LogP contribution in [-0.2, 0) is 6.54 Å². The maximum Gasteiger partial charge on any atom is 0.276 e. The van der Waals surface area contributed by atoms with E-state index in [1.165, 1.54) is 18.4 Å².